The number of rotatable bonds is 6. The van der Waals surface area contributed by atoms with E-state index in [0.717, 1.165) is 22.5 Å². The maximum absolute atomic E-state index is 2.72. The Bertz CT molecular complexity index is 362. The smallest absolute Gasteiger partial charge is 0.00283 e. The summed E-state index contributed by atoms with van der Waals surface area (Å²) in [7, 11) is -0.487. The molecule has 0 saturated heterocycles. The molecule has 118 valence electrons. The highest BCUT2D eigenvalue weighted by atomic mass is 32.3. The van der Waals surface area contributed by atoms with Crippen LogP contribution in [-0.2, 0) is 0 Å². The minimum Gasteiger partial charge on any atom is -0.238 e. The molecule has 0 aliphatic heterocycles. The lowest BCUT2D eigenvalue weighted by Gasteiger charge is -2.61. The van der Waals surface area contributed by atoms with Gasteiger partial charge in [-0.3, -0.25) is 0 Å². The highest BCUT2D eigenvalue weighted by Gasteiger charge is 2.66. The zero-order valence-electron chi connectivity index (χ0n) is 14.5. The fraction of sp³-hybridized carbons (Fsp3) is 1.00. The molecule has 3 fully saturated rings. The molecule has 1 spiro atoms. The summed E-state index contributed by atoms with van der Waals surface area (Å²) in [6.07, 6.45) is 19.0. The lowest BCUT2D eigenvalue weighted by atomic mass is 9.49. The van der Waals surface area contributed by atoms with Gasteiger partial charge in [0, 0.05) is 0 Å². The maximum Gasteiger partial charge on any atom is -0.00283 e. The molecule has 0 N–H and O–H groups in total. The zero-order valence-corrected chi connectivity index (χ0v) is 15.3. The summed E-state index contributed by atoms with van der Waals surface area (Å²) in [5.74, 6) is 2.28. The fourth-order valence-electron chi connectivity index (χ4n) is 6.30. The van der Waals surface area contributed by atoms with E-state index in [2.05, 4.69) is 33.3 Å². The van der Waals surface area contributed by atoms with Gasteiger partial charge in [0.2, 0.25) is 0 Å². The van der Waals surface area contributed by atoms with Crippen LogP contribution in [0.5, 0.6) is 0 Å². The molecule has 3 aliphatic rings. The summed E-state index contributed by atoms with van der Waals surface area (Å²) in [6, 6.07) is 0. The molecule has 20 heavy (non-hydrogen) atoms. The first kappa shape index (κ1) is 15.3. The third-order valence-electron chi connectivity index (χ3n) is 7.98. The van der Waals surface area contributed by atoms with Gasteiger partial charge in [-0.25, -0.2) is 10.0 Å². The summed E-state index contributed by atoms with van der Waals surface area (Å²) in [5.41, 5.74) is 0.883. The predicted octanol–water partition coefficient (Wildman–Crippen LogP) is 5.99. The molecule has 3 aliphatic carbocycles. The fourth-order valence-corrected chi connectivity index (χ4v) is 10.4. The Morgan fingerprint density at radius 3 is 2.00 bits per heavy atom. The molecular weight excluding hydrogens is 260 g/mol. The van der Waals surface area contributed by atoms with E-state index in [4.69, 9.17) is 0 Å². The van der Waals surface area contributed by atoms with Crippen LogP contribution >= 0.6 is 10.0 Å². The van der Waals surface area contributed by atoms with Crippen LogP contribution in [0.3, 0.4) is 0 Å². The van der Waals surface area contributed by atoms with Crippen LogP contribution in [0.15, 0.2) is 0 Å². The largest absolute Gasteiger partial charge is 0.238 e. The van der Waals surface area contributed by atoms with Crippen molar-refractivity contribution in [1.82, 2.24) is 0 Å². The molecule has 0 nitrogen and oxygen atoms in total. The van der Waals surface area contributed by atoms with Gasteiger partial charge in [-0.2, -0.15) is 0 Å². The zero-order chi connectivity index (χ0) is 14.6. The molecule has 0 heterocycles. The molecule has 4 unspecified atom stereocenters. The molecule has 3 saturated carbocycles. The minimum atomic E-state index is -0.487. The van der Waals surface area contributed by atoms with Crippen LogP contribution < -0.4 is 0 Å². The Balaban J connectivity index is 1.83. The van der Waals surface area contributed by atoms with Gasteiger partial charge in [0.25, 0.3) is 0 Å². The Kier molecular flexibility index (Phi) is 3.76. The van der Waals surface area contributed by atoms with E-state index in [-0.39, 0.29) is 0 Å². The van der Waals surface area contributed by atoms with Crippen molar-refractivity contribution in [2.75, 3.05) is 12.5 Å². The highest BCUT2D eigenvalue weighted by molar-refractivity contribution is 8.34. The second-order valence-electron chi connectivity index (χ2n) is 8.74. The summed E-state index contributed by atoms with van der Waals surface area (Å²) in [4.78, 5) is 0. The van der Waals surface area contributed by atoms with Crippen molar-refractivity contribution >= 4 is 10.0 Å². The molecule has 0 radical (unpaired) electrons. The Hall–Kier alpha value is 0.350. The van der Waals surface area contributed by atoms with Crippen molar-refractivity contribution < 1.29 is 0 Å². The summed E-state index contributed by atoms with van der Waals surface area (Å²) in [6.45, 7) is 7.44. The van der Waals surface area contributed by atoms with Crippen LogP contribution in [0, 0.1) is 17.3 Å². The maximum atomic E-state index is 2.72. The lowest BCUT2D eigenvalue weighted by Crippen LogP contribution is -2.50. The van der Waals surface area contributed by atoms with Gasteiger partial charge < -0.3 is 0 Å². The average molecular weight is 297 g/mol. The van der Waals surface area contributed by atoms with Crippen molar-refractivity contribution in [3.05, 3.63) is 0 Å². The van der Waals surface area contributed by atoms with Gasteiger partial charge in [-0.1, -0.05) is 33.6 Å². The monoisotopic (exact) mass is 296 g/mol. The Morgan fingerprint density at radius 1 is 1.05 bits per heavy atom. The van der Waals surface area contributed by atoms with E-state index < -0.39 is 10.0 Å². The van der Waals surface area contributed by atoms with Crippen molar-refractivity contribution in [1.29, 1.82) is 0 Å². The molecule has 0 amide bonds. The summed E-state index contributed by atoms with van der Waals surface area (Å²) < 4.78 is 0.641. The molecule has 1 heteroatoms. The average Bonchev–Trinajstić information content (AvgIpc) is 2.45. The lowest BCUT2D eigenvalue weighted by molar-refractivity contribution is -0.0627. The minimum absolute atomic E-state index is 0.487. The quantitative estimate of drug-likeness (QED) is 0.565. The van der Waals surface area contributed by atoms with Crippen molar-refractivity contribution in [2.24, 2.45) is 17.3 Å². The molecule has 0 aromatic heterocycles. The molecule has 3 rings (SSSR count). The normalized spacial score (nSPS) is 40.5. The molecule has 0 aromatic rings. The topological polar surface area (TPSA) is 0 Å². The third-order valence-corrected chi connectivity index (χ3v) is 13.0. The second-order valence-corrected chi connectivity index (χ2v) is 13.1. The molecular formula is C19H36S. The molecule has 0 aromatic carbocycles. The van der Waals surface area contributed by atoms with Crippen molar-refractivity contribution in [3.63, 3.8) is 0 Å². The van der Waals surface area contributed by atoms with Crippen LogP contribution in [-0.4, -0.2) is 22.5 Å². The molecule has 4 atom stereocenters. The Labute approximate surface area is 128 Å². The van der Waals surface area contributed by atoms with Crippen LogP contribution in [0.2, 0.25) is 0 Å². The van der Waals surface area contributed by atoms with Gasteiger partial charge >= 0.3 is 0 Å². The standard InChI is InChI=1S/C19H36S/c1-6-10-18(3,11-7-2)20(4,5)17-14-15-8-12-19(15)13-9-16(17)19/h15-17H,6-14H2,1-5H3. The van der Waals surface area contributed by atoms with E-state index in [1.807, 2.05) is 0 Å². The number of hydrogen-bond donors (Lipinski definition) is 0. The van der Waals surface area contributed by atoms with Crippen LogP contribution in [0.1, 0.15) is 78.6 Å². The van der Waals surface area contributed by atoms with Gasteiger partial charge in [-0.15, -0.1) is 0 Å². The third kappa shape index (κ3) is 1.80. The van der Waals surface area contributed by atoms with E-state index in [9.17, 15) is 0 Å². The van der Waals surface area contributed by atoms with E-state index >= 15 is 0 Å². The van der Waals surface area contributed by atoms with Gasteiger partial charge in [0.1, 0.15) is 0 Å². The second kappa shape index (κ2) is 4.93. The first-order valence-electron chi connectivity index (χ1n) is 9.13. The van der Waals surface area contributed by atoms with Gasteiger partial charge in [-0.05, 0) is 84.7 Å². The summed E-state index contributed by atoms with van der Waals surface area (Å²) in [5, 5.41) is 1.10. The van der Waals surface area contributed by atoms with Crippen LogP contribution in [0.4, 0.5) is 0 Å². The summed E-state index contributed by atoms with van der Waals surface area (Å²) >= 11 is 0. The van der Waals surface area contributed by atoms with Gasteiger partial charge in [0.05, 0.1) is 0 Å². The first-order chi connectivity index (χ1) is 9.41. The van der Waals surface area contributed by atoms with Gasteiger partial charge in [0.15, 0.2) is 0 Å². The van der Waals surface area contributed by atoms with E-state index in [1.54, 1.807) is 32.1 Å². The Morgan fingerprint density at radius 2 is 1.65 bits per heavy atom. The molecule has 0 bridgehead atoms. The number of hydrogen-bond acceptors (Lipinski definition) is 0. The van der Waals surface area contributed by atoms with Crippen LogP contribution in [0.25, 0.3) is 0 Å². The predicted molar refractivity (Wildman–Crippen MR) is 93.9 cm³/mol. The van der Waals surface area contributed by atoms with Crippen molar-refractivity contribution in [3.8, 4) is 0 Å². The first-order valence-corrected chi connectivity index (χ1v) is 11.6. The SMILES string of the molecule is CCCC(C)(CCC)S(C)(C)C1CC2CCC23CCC13. The van der Waals surface area contributed by atoms with E-state index in [1.165, 1.54) is 25.7 Å². The van der Waals surface area contributed by atoms with Crippen molar-refractivity contribution in [2.45, 2.75) is 88.6 Å². The highest BCUT2D eigenvalue weighted by Crippen LogP contribution is 2.78. The van der Waals surface area contributed by atoms with E-state index in [0.29, 0.717) is 4.75 Å².